The Kier molecular flexibility index (Phi) is 5.34. The summed E-state index contributed by atoms with van der Waals surface area (Å²) in [5.41, 5.74) is 1.01. The van der Waals surface area contributed by atoms with Gasteiger partial charge in [-0.1, -0.05) is 36.4 Å². The zero-order chi connectivity index (χ0) is 18.4. The molecular weight excluding hydrogens is 335 g/mol. The molecule has 6 heteroatoms. The van der Waals surface area contributed by atoms with Gasteiger partial charge in [0.25, 0.3) is 5.91 Å². The van der Waals surface area contributed by atoms with Crippen molar-refractivity contribution in [1.29, 1.82) is 0 Å². The lowest BCUT2D eigenvalue weighted by atomic mass is 10.1. The van der Waals surface area contributed by atoms with Crippen molar-refractivity contribution in [2.24, 2.45) is 0 Å². The van der Waals surface area contributed by atoms with Gasteiger partial charge in [0, 0.05) is 17.4 Å². The molecule has 0 spiro atoms. The average molecular weight is 350 g/mol. The fourth-order valence-electron chi connectivity index (χ4n) is 2.29. The minimum atomic E-state index is -1.17. The number of aromatic nitrogens is 1. The molecule has 2 aromatic carbocycles. The molecule has 1 heterocycles. The van der Waals surface area contributed by atoms with E-state index in [4.69, 9.17) is 4.74 Å². The minimum Gasteiger partial charge on any atom is -0.443 e. The van der Waals surface area contributed by atoms with Crippen molar-refractivity contribution in [2.75, 3.05) is 5.32 Å². The van der Waals surface area contributed by atoms with E-state index in [2.05, 4.69) is 10.3 Å². The molecule has 0 aliphatic rings. The van der Waals surface area contributed by atoms with Gasteiger partial charge in [0.1, 0.15) is 11.5 Å². The second-order valence-electron chi connectivity index (χ2n) is 5.41. The predicted octanol–water partition coefficient (Wildman–Crippen LogP) is 3.76. The maximum absolute atomic E-state index is 13.0. The number of carbonyl (C=O) groups is 2. The van der Waals surface area contributed by atoms with E-state index < -0.39 is 23.8 Å². The highest BCUT2D eigenvalue weighted by Crippen LogP contribution is 2.21. The minimum absolute atomic E-state index is 0.100. The van der Waals surface area contributed by atoms with Crippen molar-refractivity contribution in [3.8, 4) is 0 Å². The Hall–Kier alpha value is -3.54. The first kappa shape index (κ1) is 17.3. The van der Waals surface area contributed by atoms with Crippen LogP contribution in [0.25, 0.3) is 0 Å². The van der Waals surface area contributed by atoms with E-state index in [1.165, 1.54) is 36.5 Å². The summed E-state index contributed by atoms with van der Waals surface area (Å²) < 4.78 is 18.4. The topological polar surface area (TPSA) is 68.3 Å². The summed E-state index contributed by atoms with van der Waals surface area (Å²) in [7, 11) is 0. The number of benzene rings is 2. The first-order valence-corrected chi connectivity index (χ1v) is 7.87. The van der Waals surface area contributed by atoms with Crippen LogP contribution in [0.2, 0.25) is 0 Å². The van der Waals surface area contributed by atoms with E-state index in [9.17, 15) is 14.0 Å². The lowest BCUT2D eigenvalue weighted by molar-refractivity contribution is -0.125. The predicted molar refractivity (Wildman–Crippen MR) is 93.9 cm³/mol. The van der Waals surface area contributed by atoms with Crippen molar-refractivity contribution in [1.82, 2.24) is 4.98 Å². The number of nitrogens with zero attached hydrogens (tertiary/aromatic N) is 1. The number of nitrogens with one attached hydrogen (secondary N) is 1. The van der Waals surface area contributed by atoms with Crippen LogP contribution in [0.1, 0.15) is 22.2 Å². The molecule has 26 heavy (non-hydrogen) atoms. The molecule has 0 aliphatic carbocycles. The van der Waals surface area contributed by atoms with Crippen LogP contribution in [0.5, 0.6) is 0 Å². The Morgan fingerprint density at radius 1 is 0.923 bits per heavy atom. The molecule has 130 valence electrons. The van der Waals surface area contributed by atoms with Crippen LogP contribution in [-0.2, 0) is 9.53 Å². The number of esters is 1. The van der Waals surface area contributed by atoms with Gasteiger partial charge in [0.15, 0.2) is 0 Å². The van der Waals surface area contributed by atoms with Gasteiger partial charge >= 0.3 is 5.97 Å². The summed E-state index contributed by atoms with van der Waals surface area (Å²) in [6, 6.07) is 18.8. The molecule has 3 rings (SSSR count). The van der Waals surface area contributed by atoms with Crippen LogP contribution < -0.4 is 5.32 Å². The maximum atomic E-state index is 13.0. The monoisotopic (exact) mass is 350 g/mol. The number of anilines is 1. The number of rotatable bonds is 5. The van der Waals surface area contributed by atoms with E-state index in [0.717, 1.165) is 0 Å². The van der Waals surface area contributed by atoms with Crippen molar-refractivity contribution in [2.45, 2.75) is 6.10 Å². The van der Waals surface area contributed by atoms with Gasteiger partial charge in [-0.3, -0.25) is 4.79 Å². The molecule has 0 saturated carbocycles. The lowest BCUT2D eigenvalue weighted by Gasteiger charge is -2.18. The van der Waals surface area contributed by atoms with Gasteiger partial charge < -0.3 is 10.1 Å². The standard InChI is InChI=1S/C20H15FN2O3/c21-15-9-11-16(12-10-15)23-19(24)18(14-6-2-1-3-7-14)26-20(25)17-8-4-5-13-22-17/h1-13,18H,(H,23,24)/t18-/m1/s1. The van der Waals surface area contributed by atoms with Crippen LogP contribution in [0.4, 0.5) is 10.1 Å². The van der Waals surface area contributed by atoms with Gasteiger partial charge in [-0.15, -0.1) is 0 Å². The number of amides is 1. The second-order valence-corrected chi connectivity index (χ2v) is 5.41. The van der Waals surface area contributed by atoms with Gasteiger partial charge in [-0.25, -0.2) is 14.2 Å². The molecule has 0 unspecified atom stereocenters. The molecule has 1 aromatic heterocycles. The van der Waals surface area contributed by atoms with Crippen LogP contribution in [0.15, 0.2) is 79.0 Å². The summed E-state index contributed by atoms with van der Waals surface area (Å²) >= 11 is 0. The summed E-state index contributed by atoms with van der Waals surface area (Å²) in [4.78, 5) is 28.9. The SMILES string of the molecule is O=C(O[C@@H](C(=O)Nc1ccc(F)cc1)c1ccccc1)c1ccccn1. The molecule has 1 atom stereocenters. The van der Waals surface area contributed by atoms with E-state index in [1.54, 1.807) is 42.5 Å². The van der Waals surface area contributed by atoms with Gasteiger partial charge in [0.2, 0.25) is 6.10 Å². The van der Waals surface area contributed by atoms with E-state index in [1.807, 2.05) is 0 Å². The molecule has 0 fully saturated rings. The van der Waals surface area contributed by atoms with Crippen molar-refractivity contribution in [3.05, 3.63) is 96.1 Å². The number of hydrogen-bond acceptors (Lipinski definition) is 4. The summed E-state index contributed by atoms with van der Waals surface area (Å²) in [5, 5.41) is 2.62. The Morgan fingerprint density at radius 3 is 2.27 bits per heavy atom. The van der Waals surface area contributed by atoms with Crippen molar-refractivity contribution in [3.63, 3.8) is 0 Å². The smallest absolute Gasteiger partial charge is 0.358 e. The quantitative estimate of drug-likeness (QED) is 0.712. The fourth-order valence-corrected chi connectivity index (χ4v) is 2.29. The van der Waals surface area contributed by atoms with Crippen LogP contribution in [-0.4, -0.2) is 16.9 Å². The summed E-state index contributed by atoms with van der Waals surface area (Å²) in [6.07, 6.45) is 0.294. The first-order chi connectivity index (χ1) is 12.6. The molecule has 0 bridgehead atoms. The number of ether oxygens (including phenoxy) is 1. The zero-order valence-electron chi connectivity index (χ0n) is 13.6. The van der Waals surface area contributed by atoms with Gasteiger partial charge in [-0.2, -0.15) is 0 Å². The zero-order valence-corrected chi connectivity index (χ0v) is 13.6. The molecule has 5 nitrogen and oxygen atoms in total. The summed E-state index contributed by atoms with van der Waals surface area (Å²) in [6.45, 7) is 0. The van der Waals surface area contributed by atoms with E-state index in [0.29, 0.717) is 11.3 Å². The average Bonchev–Trinajstić information content (AvgIpc) is 2.69. The van der Waals surface area contributed by atoms with Gasteiger partial charge in [0.05, 0.1) is 0 Å². The number of hydrogen-bond donors (Lipinski definition) is 1. The fraction of sp³-hybridized carbons (Fsp3) is 0.0500. The number of halogens is 1. The van der Waals surface area contributed by atoms with Crippen LogP contribution in [0, 0.1) is 5.82 Å². The normalized spacial score (nSPS) is 11.4. The van der Waals surface area contributed by atoms with Crippen LogP contribution >= 0.6 is 0 Å². The van der Waals surface area contributed by atoms with E-state index in [-0.39, 0.29) is 5.69 Å². The molecule has 0 aliphatic heterocycles. The third-order valence-corrected chi connectivity index (χ3v) is 3.55. The highest BCUT2D eigenvalue weighted by molar-refractivity contribution is 5.97. The van der Waals surface area contributed by atoms with E-state index >= 15 is 0 Å². The first-order valence-electron chi connectivity index (χ1n) is 7.87. The second kappa shape index (κ2) is 8.02. The van der Waals surface area contributed by atoms with Crippen LogP contribution in [0.3, 0.4) is 0 Å². The Labute approximate surface area is 149 Å². The number of carbonyl (C=O) groups excluding carboxylic acids is 2. The maximum Gasteiger partial charge on any atom is 0.358 e. The molecule has 0 radical (unpaired) electrons. The highest BCUT2D eigenvalue weighted by Gasteiger charge is 2.26. The highest BCUT2D eigenvalue weighted by atomic mass is 19.1. The Balaban J connectivity index is 1.82. The molecular formula is C20H15FN2O3. The van der Waals surface area contributed by atoms with Crippen molar-refractivity contribution < 1.29 is 18.7 Å². The third-order valence-electron chi connectivity index (χ3n) is 3.55. The van der Waals surface area contributed by atoms with Crippen molar-refractivity contribution >= 4 is 17.6 Å². The molecule has 1 amide bonds. The third kappa shape index (κ3) is 4.30. The molecule has 3 aromatic rings. The van der Waals surface area contributed by atoms with Gasteiger partial charge in [-0.05, 0) is 36.4 Å². The summed E-state index contributed by atoms with van der Waals surface area (Å²) in [5.74, 6) is -1.68. The molecule has 1 N–H and O–H groups in total. The lowest BCUT2D eigenvalue weighted by Crippen LogP contribution is -2.26. The molecule has 0 saturated heterocycles. The Morgan fingerprint density at radius 2 is 1.62 bits per heavy atom. The Bertz CT molecular complexity index is 884. The number of pyridine rings is 1. The largest absolute Gasteiger partial charge is 0.443 e.